The maximum absolute atomic E-state index is 8.73. The van der Waals surface area contributed by atoms with Crippen molar-refractivity contribution in [2.24, 2.45) is 0 Å². The average molecular weight is 259 g/mol. The Morgan fingerprint density at radius 1 is 1.17 bits per heavy atom. The SMILES string of the molecule is N#Cc1ccc(OCc2ccc(N)cc2)c(Cl)c1. The molecule has 0 spiro atoms. The van der Waals surface area contributed by atoms with E-state index in [1.807, 2.05) is 30.3 Å². The standard InChI is InChI=1S/C14H11ClN2O/c15-13-7-11(8-16)3-6-14(13)18-9-10-1-4-12(17)5-2-10/h1-7H,9,17H2. The van der Waals surface area contributed by atoms with E-state index in [4.69, 9.17) is 27.3 Å². The lowest BCUT2D eigenvalue weighted by Gasteiger charge is -2.08. The number of rotatable bonds is 3. The molecule has 0 radical (unpaired) electrons. The average Bonchev–Trinajstić information content (AvgIpc) is 2.39. The van der Waals surface area contributed by atoms with Gasteiger partial charge >= 0.3 is 0 Å². The molecule has 2 N–H and O–H groups in total. The van der Waals surface area contributed by atoms with Gasteiger partial charge in [0.15, 0.2) is 0 Å². The highest BCUT2D eigenvalue weighted by molar-refractivity contribution is 6.32. The van der Waals surface area contributed by atoms with Crippen LogP contribution in [0.5, 0.6) is 5.75 Å². The summed E-state index contributed by atoms with van der Waals surface area (Å²) in [5.74, 6) is 0.562. The summed E-state index contributed by atoms with van der Waals surface area (Å²) in [7, 11) is 0. The molecule has 2 rings (SSSR count). The first-order valence-electron chi connectivity index (χ1n) is 5.36. The molecule has 0 atom stereocenters. The van der Waals surface area contributed by atoms with Crippen LogP contribution in [0.3, 0.4) is 0 Å². The predicted molar refractivity (Wildman–Crippen MR) is 71.4 cm³/mol. The van der Waals surface area contributed by atoms with Gasteiger partial charge in [-0.15, -0.1) is 0 Å². The monoisotopic (exact) mass is 258 g/mol. The van der Waals surface area contributed by atoms with Crippen LogP contribution < -0.4 is 10.5 Å². The first kappa shape index (κ1) is 12.3. The molecule has 3 nitrogen and oxygen atoms in total. The van der Waals surface area contributed by atoms with Crippen LogP contribution in [0.15, 0.2) is 42.5 Å². The highest BCUT2D eigenvalue weighted by atomic mass is 35.5. The highest BCUT2D eigenvalue weighted by Gasteiger charge is 2.03. The van der Waals surface area contributed by atoms with Crippen molar-refractivity contribution in [2.75, 3.05) is 5.73 Å². The first-order valence-corrected chi connectivity index (χ1v) is 5.73. The summed E-state index contributed by atoms with van der Waals surface area (Å²) in [6, 6.07) is 14.4. The summed E-state index contributed by atoms with van der Waals surface area (Å²) in [5, 5.41) is 9.16. The number of nitrogens with two attached hydrogens (primary N) is 1. The highest BCUT2D eigenvalue weighted by Crippen LogP contribution is 2.26. The number of hydrogen-bond donors (Lipinski definition) is 1. The van der Waals surface area contributed by atoms with E-state index in [1.54, 1.807) is 18.2 Å². The molecule has 0 aromatic heterocycles. The number of ether oxygens (including phenoxy) is 1. The molecular weight excluding hydrogens is 248 g/mol. The molecule has 90 valence electrons. The number of benzene rings is 2. The molecular formula is C14H11ClN2O. The van der Waals surface area contributed by atoms with Crippen molar-refractivity contribution in [3.63, 3.8) is 0 Å². The van der Waals surface area contributed by atoms with Gasteiger partial charge < -0.3 is 10.5 Å². The van der Waals surface area contributed by atoms with E-state index in [0.717, 1.165) is 11.3 Å². The topological polar surface area (TPSA) is 59.0 Å². The molecule has 0 aliphatic rings. The minimum absolute atomic E-state index is 0.409. The summed E-state index contributed by atoms with van der Waals surface area (Å²) in [4.78, 5) is 0. The van der Waals surface area contributed by atoms with E-state index in [-0.39, 0.29) is 0 Å². The molecule has 0 saturated heterocycles. The summed E-state index contributed by atoms with van der Waals surface area (Å²) in [6.07, 6.45) is 0. The van der Waals surface area contributed by atoms with Crippen LogP contribution in [0, 0.1) is 11.3 Å². The number of nitrogens with zero attached hydrogens (tertiary/aromatic N) is 1. The van der Waals surface area contributed by atoms with Gasteiger partial charge in [0.2, 0.25) is 0 Å². The van der Waals surface area contributed by atoms with Crippen LogP contribution in [0.2, 0.25) is 5.02 Å². The minimum atomic E-state index is 0.409. The molecule has 0 bridgehead atoms. The van der Waals surface area contributed by atoms with Crippen LogP contribution >= 0.6 is 11.6 Å². The van der Waals surface area contributed by atoms with Gasteiger partial charge in [-0.2, -0.15) is 5.26 Å². The third kappa shape index (κ3) is 2.93. The number of nitriles is 1. The van der Waals surface area contributed by atoms with E-state index in [1.165, 1.54) is 0 Å². The fourth-order valence-corrected chi connectivity index (χ4v) is 1.70. The zero-order chi connectivity index (χ0) is 13.0. The van der Waals surface area contributed by atoms with Gasteiger partial charge in [0, 0.05) is 5.69 Å². The molecule has 4 heteroatoms. The molecule has 0 aliphatic heterocycles. The zero-order valence-electron chi connectivity index (χ0n) is 9.56. The number of halogens is 1. The smallest absolute Gasteiger partial charge is 0.138 e. The van der Waals surface area contributed by atoms with Crippen molar-refractivity contribution in [1.82, 2.24) is 0 Å². The van der Waals surface area contributed by atoms with Crippen molar-refractivity contribution in [3.8, 4) is 11.8 Å². The van der Waals surface area contributed by atoms with Gasteiger partial charge in [-0.25, -0.2) is 0 Å². The molecule has 0 aliphatic carbocycles. The summed E-state index contributed by atoms with van der Waals surface area (Å²) in [5.41, 5.74) is 7.83. The predicted octanol–water partition coefficient (Wildman–Crippen LogP) is 3.37. The van der Waals surface area contributed by atoms with Crippen molar-refractivity contribution >= 4 is 17.3 Å². The van der Waals surface area contributed by atoms with E-state index in [2.05, 4.69) is 0 Å². The number of hydrogen-bond acceptors (Lipinski definition) is 3. The molecule has 0 unspecified atom stereocenters. The van der Waals surface area contributed by atoms with Crippen molar-refractivity contribution in [1.29, 1.82) is 5.26 Å². The quantitative estimate of drug-likeness (QED) is 0.859. The van der Waals surface area contributed by atoms with Gasteiger partial charge in [0.25, 0.3) is 0 Å². The lowest BCUT2D eigenvalue weighted by atomic mass is 10.2. The Hall–Kier alpha value is -2.18. The van der Waals surface area contributed by atoms with Crippen LogP contribution in [0.1, 0.15) is 11.1 Å². The Labute approximate surface area is 110 Å². The van der Waals surface area contributed by atoms with Crippen molar-refractivity contribution in [3.05, 3.63) is 58.6 Å². The number of anilines is 1. The van der Waals surface area contributed by atoms with Crippen LogP contribution in [-0.4, -0.2) is 0 Å². The normalized spacial score (nSPS) is 9.78. The Morgan fingerprint density at radius 3 is 2.50 bits per heavy atom. The van der Waals surface area contributed by atoms with Crippen molar-refractivity contribution in [2.45, 2.75) is 6.61 Å². The molecule has 0 saturated carbocycles. The lowest BCUT2D eigenvalue weighted by Crippen LogP contribution is -1.96. The van der Waals surface area contributed by atoms with E-state index in [9.17, 15) is 0 Å². The van der Waals surface area contributed by atoms with Crippen LogP contribution in [-0.2, 0) is 6.61 Å². The fourth-order valence-electron chi connectivity index (χ4n) is 1.46. The van der Waals surface area contributed by atoms with Crippen LogP contribution in [0.25, 0.3) is 0 Å². The van der Waals surface area contributed by atoms with Gasteiger partial charge in [0.1, 0.15) is 12.4 Å². The van der Waals surface area contributed by atoms with Crippen molar-refractivity contribution < 1.29 is 4.74 Å². The third-order valence-corrected chi connectivity index (χ3v) is 2.73. The molecule has 0 fully saturated rings. The summed E-state index contributed by atoms with van der Waals surface area (Å²) < 4.78 is 5.58. The first-order chi connectivity index (χ1) is 8.69. The third-order valence-electron chi connectivity index (χ3n) is 2.44. The summed E-state index contributed by atoms with van der Waals surface area (Å²) in [6.45, 7) is 0.409. The maximum Gasteiger partial charge on any atom is 0.138 e. The maximum atomic E-state index is 8.73. The summed E-state index contributed by atoms with van der Waals surface area (Å²) >= 11 is 6.00. The van der Waals surface area contributed by atoms with Gasteiger partial charge in [0.05, 0.1) is 16.7 Å². The molecule has 0 amide bonds. The van der Waals surface area contributed by atoms with Crippen LogP contribution in [0.4, 0.5) is 5.69 Å². The zero-order valence-corrected chi connectivity index (χ0v) is 10.3. The Bertz CT molecular complexity index is 588. The molecule has 0 heterocycles. The Morgan fingerprint density at radius 2 is 1.89 bits per heavy atom. The van der Waals surface area contributed by atoms with Gasteiger partial charge in [-0.3, -0.25) is 0 Å². The fraction of sp³-hybridized carbons (Fsp3) is 0.0714. The lowest BCUT2D eigenvalue weighted by molar-refractivity contribution is 0.306. The second-order valence-electron chi connectivity index (χ2n) is 3.79. The minimum Gasteiger partial charge on any atom is -0.487 e. The Balaban J connectivity index is 2.06. The van der Waals surface area contributed by atoms with Gasteiger partial charge in [-0.1, -0.05) is 23.7 Å². The Kier molecular flexibility index (Phi) is 3.71. The van der Waals surface area contributed by atoms with Gasteiger partial charge in [-0.05, 0) is 35.9 Å². The second-order valence-corrected chi connectivity index (χ2v) is 4.19. The van der Waals surface area contributed by atoms with E-state index >= 15 is 0 Å². The largest absolute Gasteiger partial charge is 0.487 e. The molecule has 18 heavy (non-hydrogen) atoms. The number of nitrogen functional groups attached to an aromatic ring is 1. The molecule has 2 aromatic rings. The molecule has 2 aromatic carbocycles. The second kappa shape index (κ2) is 5.44. The van der Waals surface area contributed by atoms with E-state index < -0.39 is 0 Å². The van der Waals surface area contributed by atoms with E-state index in [0.29, 0.717) is 22.9 Å².